The number of aliphatic carboxylic acids is 1. The maximum absolute atomic E-state index is 11.4. The summed E-state index contributed by atoms with van der Waals surface area (Å²) in [6.07, 6.45) is 12.5. The van der Waals surface area contributed by atoms with Crippen LogP contribution in [-0.2, 0) is 20.9 Å². The van der Waals surface area contributed by atoms with Crippen LogP contribution in [0.15, 0.2) is 18.5 Å². The predicted octanol–water partition coefficient (Wildman–Crippen LogP) is 3.07. The van der Waals surface area contributed by atoms with E-state index < -0.39 is 5.97 Å². The molecular formula is C25H35N5O5. The number of fused-ring (bicyclic) bond motifs is 1. The Hall–Kier alpha value is -2.69. The molecule has 0 atom stereocenters. The van der Waals surface area contributed by atoms with Gasteiger partial charge in [0.1, 0.15) is 5.60 Å². The number of aromatic nitrogens is 3. The van der Waals surface area contributed by atoms with Gasteiger partial charge in [0.05, 0.1) is 48.2 Å². The van der Waals surface area contributed by atoms with Crippen molar-refractivity contribution in [2.45, 2.75) is 82.6 Å². The number of hydroxylamine groups is 1. The summed E-state index contributed by atoms with van der Waals surface area (Å²) >= 11 is 0. The Morgan fingerprint density at radius 3 is 2.71 bits per heavy atom. The van der Waals surface area contributed by atoms with Crippen molar-refractivity contribution in [1.82, 2.24) is 20.2 Å². The Morgan fingerprint density at radius 1 is 1.26 bits per heavy atom. The molecule has 2 aliphatic carbocycles. The van der Waals surface area contributed by atoms with E-state index in [9.17, 15) is 9.90 Å². The molecule has 0 saturated heterocycles. The van der Waals surface area contributed by atoms with E-state index in [0.717, 1.165) is 73.1 Å². The van der Waals surface area contributed by atoms with E-state index in [1.807, 2.05) is 24.0 Å². The highest BCUT2D eigenvalue weighted by atomic mass is 16.7. The van der Waals surface area contributed by atoms with Gasteiger partial charge in [-0.15, -0.1) is 0 Å². The van der Waals surface area contributed by atoms with E-state index in [-0.39, 0.29) is 30.3 Å². The van der Waals surface area contributed by atoms with Gasteiger partial charge in [0.2, 0.25) is 0 Å². The zero-order valence-corrected chi connectivity index (χ0v) is 20.2. The Bertz CT molecular complexity index is 1080. The van der Waals surface area contributed by atoms with Gasteiger partial charge in [-0.25, -0.2) is 9.67 Å². The number of aliphatic hydroxyl groups excluding tert-OH is 1. The van der Waals surface area contributed by atoms with Gasteiger partial charge in [0.25, 0.3) is 0 Å². The zero-order valence-electron chi connectivity index (χ0n) is 20.2. The van der Waals surface area contributed by atoms with Crippen molar-refractivity contribution in [2.24, 2.45) is 5.92 Å². The van der Waals surface area contributed by atoms with Crippen LogP contribution in [0.1, 0.15) is 63.9 Å². The van der Waals surface area contributed by atoms with Crippen LogP contribution in [0.25, 0.3) is 16.7 Å². The third-order valence-electron chi connectivity index (χ3n) is 7.68. The second-order valence-corrected chi connectivity index (χ2v) is 9.90. The zero-order chi connectivity index (χ0) is 24.4. The molecule has 0 bridgehead atoms. The van der Waals surface area contributed by atoms with Crippen molar-refractivity contribution in [3.8, 4) is 0 Å². The van der Waals surface area contributed by atoms with E-state index in [1.165, 1.54) is 0 Å². The summed E-state index contributed by atoms with van der Waals surface area (Å²) in [5.74, 6) is -0.948. The Morgan fingerprint density at radius 2 is 2.03 bits per heavy atom. The number of aliphatic hydroxyl groups is 1. The van der Waals surface area contributed by atoms with Crippen molar-refractivity contribution >= 4 is 28.4 Å². The molecule has 0 amide bonds. The Balaban J connectivity index is 1.40. The molecule has 2 aromatic heterocycles. The summed E-state index contributed by atoms with van der Waals surface area (Å²) in [7, 11) is 0. The van der Waals surface area contributed by atoms with Gasteiger partial charge in [-0.3, -0.25) is 15.1 Å². The minimum absolute atomic E-state index is 0.0432. The summed E-state index contributed by atoms with van der Waals surface area (Å²) in [6, 6.07) is 0.191. The molecule has 0 radical (unpaired) electrons. The first kappa shape index (κ1) is 24.0. The number of nitrogens with one attached hydrogen (secondary N) is 2. The molecule has 10 nitrogen and oxygen atoms in total. The fraction of sp³-hybridized carbons (Fsp3) is 0.640. The highest BCUT2D eigenvalue weighted by Gasteiger charge is 2.40. The number of rotatable bonds is 8. The van der Waals surface area contributed by atoms with E-state index in [2.05, 4.69) is 22.0 Å². The molecule has 190 valence electrons. The second-order valence-electron chi connectivity index (χ2n) is 9.90. The van der Waals surface area contributed by atoms with Gasteiger partial charge in [0, 0.05) is 24.3 Å². The Kier molecular flexibility index (Phi) is 6.95. The quantitative estimate of drug-likeness (QED) is 0.445. The van der Waals surface area contributed by atoms with Gasteiger partial charge in [-0.2, -0.15) is 5.10 Å². The molecule has 1 spiro atoms. The molecule has 4 N–H and O–H groups in total. The van der Waals surface area contributed by atoms with Gasteiger partial charge in [0.15, 0.2) is 5.65 Å². The number of aryl methyl sites for hydroxylation is 1. The lowest BCUT2D eigenvalue weighted by Gasteiger charge is -2.34. The summed E-state index contributed by atoms with van der Waals surface area (Å²) in [5, 5.41) is 27.6. The predicted molar refractivity (Wildman–Crippen MR) is 130 cm³/mol. The number of hydrogen-bond donors (Lipinski definition) is 4. The molecule has 0 aromatic carbocycles. The largest absolute Gasteiger partial charge is 0.481 e. The van der Waals surface area contributed by atoms with Crippen LogP contribution >= 0.6 is 0 Å². The number of carboxylic acid groups (broad SMARTS) is 1. The Labute approximate surface area is 204 Å². The number of anilines is 1. The highest BCUT2D eigenvalue weighted by molar-refractivity contribution is 5.95. The lowest BCUT2D eigenvalue weighted by Crippen LogP contribution is -2.37. The third kappa shape index (κ3) is 4.87. The highest BCUT2D eigenvalue weighted by Crippen LogP contribution is 2.41. The summed E-state index contributed by atoms with van der Waals surface area (Å²) in [6.45, 7) is 3.19. The molecule has 2 fully saturated rings. The van der Waals surface area contributed by atoms with Crippen LogP contribution in [0.2, 0.25) is 0 Å². The van der Waals surface area contributed by atoms with Gasteiger partial charge in [-0.1, -0.05) is 0 Å². The van der Waals surface area contributed by atoms with Gasteiger partial charge >= 0.3 is 5.97 Å². The van der Waals surface area contributed by atoms with Crippen molar-refractivity contribution in [1.29, 1.82) is 0 Å². The third-order valence-corrected chi connectivity index (χ3v) is 7.68. The van der Waals surface area contributed by atoms with Crippen LogP contribution in [-0.4, -0.2) is 61.9 Å². The maximum atomic E-state index is 11.4. The van der Waals surface area contributed by atoms with E-state index in [4.69, 9.17) is 19.7 Å². The first-order valence-corrected chi connectivity index (χ1v) is 12.8. The molecule has 3 heterocycles. The van der Waals surface area contributed by atoms with Gasteiger partial charge in [-0.05, 0) is 64.4 Å². The molecule has 10 heteroatoms. The monoisotopic (exact) mass is 485 g/mol. The average Bonchev–Trinajstić information content (AvgIpc) is 3.49. The lowest BCUT2D eigenvalue weighted by atomic mass is 9.82. The fourth-order valence-electron chi connectivity index (χ4n) is 5.63. The van der Waals surface area contributed by atoms with Crippen LogP contribution in [0.5, 0.6) is 0 Å². The minimum atomic E-state index is -0.695. The molecule has 3 aliphatic rings. The minimum Gasteiger partial charge on any atom is -0.481 e. The molecule has 35 heavy (non-hydrogen) atoms. The van der Waals surface area contributed by atoms with Gasteiger partial charge < -0.3 is 20.3 Å². The SMILES string of the molecule is CCn1ncc2c(NC3CCC(C(=O)O)CC3)c(C3=CC4(CCC(OCCO)CC4)ON3)cnc21. The maximum Gasteiger partial charge on any atom is 0.306 e. The van der Waals surface area contributed by atoms with Crippen LogP contribution < -0.4 is 10.8 Å². The number of ether oxygens (including phenoxy) is 1. The van der Waals surface area contributed by atoms with Crippen molar-refractivity contribution in [3.05, 3.63) is 24.0 Å². The van der Waals surface area contributed by atoms with E-state index in [0.29, 0.717) is 19.4 Å². The fourth-order valence-corrected chi connectivity index (χ4v) is 5.63. The number of carbonyl (C=O) groups is 1. The van der Waals surface area contributed by atoms with Crippen molar-refractivity contribution < 1.29 is 24.6 Å². The topological polar surface area (TPSA) is 131 Å². The van der Waals surface area contributed by atoms with E-state index in [1.54, 1.807) is 0 Å². The number of hydrogen-bond acceptors (Lipinski definition) is 8. The number of nitrogens with zero attached hydrogens (tertiary/aromatic N) is 3. The van der Waals surface area contributed by atoms with E-state index >= 15 is 0 Å². The first-order chi connectivity index (χ1) is 17.0. The number of pyridine rings is 1. The van der Waals surface area contributed by atoms with Crippen molar-refractivity contribution in [3.63, 3.8) is 0 Å². The van der Waals surface area contributed by atoms with Crippen LogP contribution in [0.4, 0.5) is 5.69 Å². The average molecular weight is 486 g/mol. The molecule has 0 unspecified atom stereocenters. The summed E-state index contributed by atoms with van der Waals surface area (Å²) < 4.78 is 7.60. The van der Waals surface area contributed by atoms with Crippen LogP contribution in [0, 0.1) is 5.92 Å². The standard InChI is InChI=1S/C25H35N5O5/c1-2-30-23-20(15-27-30)22(28-17-5-3-16(4-6-17)24(32)33)19(14-26-23)21-13-25(35-29-21)9-7-18(8-10-25)34-12-11-31/h13-18,29,31H,2-12H2,1H3,(H,26,28)(H,32,33). The smallest absolute Gasteiger partial charge is 0.306 e. The molecule has 2 aromatic rings. The number of carboxylic acids is 1. The molecule has 2 saturated carbocycles. The molecule has 1 aliphatic heterocycles. The normalized spacial score (nSPS) is 28.7. The summed E-state index contributed by atoms with van der Waals surface area (Å²) in [4.78, 5) is 22.3. The summed E-state index contributed by atoms with van der Waals surface area (Å²) in [5.41, 5.74) is 6.41. The van der Waals surface area contributed by atoms with Crippen LogP contribution in [0.3, 0.4) is 0 Å². The first-order valence-electron chi connectivity index (χ1n) is 12.8. The molecular weight excluding hydrogens is 450 g/mol. The molecule has 5 rings (SSSR count). The second kappa shape index (κ2) is 10.1. The van der Waals surface area contributed by atoms with Crippen molar-refractivity contribution in [2.75, 3.05) is 18.5 Å². The lowest BCUT2D eigenvalue weighted by molar-refractivity contribution is -0.142.